The van der Waals surface area contributed by atoms with E-state index in [4.69, 9.17) is 0 Å². The minimum atomic E-state index is 1.09. The highest BCUT2D eigenvalue weighted by molar-refractivity contribution is 6.14. The van der Waals surface area contributed by atoms with Crippen molar-refractivity contribution in [2.75, 3.05) is 4.90 Å². The zero-order valence-corrected chi connectivity index (χ0v) is 31.5. The van der Waals surface area contributed by atoms with E-state index in [9.17, 15) is 0 Å². The monoisotopic (exact) mass is 725 g/mol. The molecule has 0 radical (unpaired) electrons. The fraction of sp³-hybridized carbons (Fsp3) is 0. The molecule has 1 heteroatoms. The second-order valence-electron chi connectivity index (χ2n) is 14.5. The van der Waals surface area contributed by atoms with Crippen LogP contribution in [0.3, 0.4) is 0 Å². The molecule has 0 aliphatic heterocycles. The largest absolute Gasteiger partial charge is 0.310 e. The van der Waals surface area contributed by atoms with Gasteiger partial charge in [0.1, 0.15) is 0 Å². The topological polar surface area (TPSA) is 3.24 Å². The molecule has 0 amide bonds. The summed E-state index contributed by atoms with van der Waals surface area (Å²) in [6, 6.07) is 85.7. The normalized spacial score (nSPS) is 11.2. The van der Waals surface area contributed by atoms with E-state index in [2.05, 4.69) is 241 Å². The van der Waals surface area contributed by atoms with Crippen molar-refractivity contribution in [3.05, 3.63) is 237 Å². The van der Waals surface area contributed by atoms with Crippen LogP contribution in [0.15, 0.2) is 237 Å². The van der Waals surface area contributed by atoms with E-state index >= 15 is 0 Å². The van der Waals surface area contributed by atoms with Gasteiger partial charge in [0, 0.05) is 16.8 Å². The summed E-state index contributed by atoms with van der Waals surface area (Å²) in [6.45, 7) is 0. The molecule has 0 heterocycles. The van der Waals surface area contributed by atoms with Crippen LogP contribution in [-0.2, 0) is 0 Å². The third kappa shape index (κ3) is 6.56. The first kappa shape index (κ1) is 34.0. The minimum absolute atomic E-state index is 1.09. The molecule has 0 fully saturated rings. The lowest BCUT2D eigenvalue weighted by molar-refractivity contribution is 1.30. The Kier molecular flexibility index (Phi) is 8.95. The van der Waals surface area contributed by atoms with Crippen molar-refractivity contribution in [2.45, 2.75) is 0 Å². The summed E-state index contributed by atoms with van der Waals surface area (Å²) < 4.78 is 0. The van der Waals surface area contributed by atoms with Gasteiger partial charge < -0.3 is 4.90 Å². The minimum Gasteiger partial charge on any atom is -0.310 e. The molecule has 268 valence electrons. The number of nitrogens with zero attached hydrogens (tertiary/aromatic N) is 1. The fourth-order valence-electron chi connectivity index (χ4n) is 8.29. The van der Waals surface area contributed by atoms with Crippen molar-refractivity contribution in [3.8, 4) is 55.6 Å². The Morgan fingerprint density at radius 1 is 0.228 bits per heavy atom. The van der Waals surface area contributed by atoms with Crippen LogP contribution in [0.4, 0.5) is 17.1 Å². The average molecular weight is 726 g/mol. The van der Waals surface area contributed by atoms with Crippen LogP contribution in [0.1, 0.15) is 0 Å². The van der Waals surface area contributed by atoms with Crippen molar-refractivity contribution in [3.63, 3.8) is 0 Å². The highest BCUT2D eigenvalue weighted by Gasteiger charge is 2.21. The van der Waals surface area contributed by atoms with E-state index in [1.807, 2.05) is 0 Å². The van der Waals surface area contributed by atoms with Gasteiger partial charge in [-0.1, -0.05) is 206 Å². The van der Waals surface area contributed by atoms with Crippen LogP contribution in [0.5, 0.6) is 0 Å². The Hall–Kier alpha value is -7.48. The molecule has 10 aromatic carbocycles. The van der Waals surface area contributed by atoms with Gasteiger partial charge in [0.05, 0.1) is 5.69 Å². The summed E-state index contributed by atoms with van der Waals surface area (Å²) >= 11 is 0. The molecule has 0 saturated heterocycles. The first-order chi connectivity index (χ1) is 28.3. The zero-order valence-electron chi connectivity index (χ0n) is 31.5. The van der Waals surface area contributed by atoms with Crippen LogP contribution < -0.4 is 4.90 Å². The third-order valence-corrected chi connectivity index (χ3v) is 11.1. The Labute approximate surface area is 334 Å². The van der Waals surface area contributed by atoms with Crippen LogP contribution in [0.25, 0.3) is 77.2 Å². The number of rotatable bonds is 8. The fourth-order valence-corrected chi connectivity index (χ4v) is 8.29. The average Bonchev–Trinajstić information content (AvgIpc) is 3.30. The Balaban J connectivity index is 1.21. The number of hydrogen-bond acceptors (Lipinski definition) is 1. The number of anilines is 3. The molecule has 57 heavy (non-hydrogen) atoms. The SMILES string of the molecule is c1ccc(-c2ccc(-c3cc(N(c4ccc(-c5ccccc5)cc4)c4cc5ccccc5c5ccccc45)ccc3-c3ccccc3-c3ccccc3)cc2)cc1. The summed E-state index contributed by atoms with van der Waals surface area (Å²) in [7, 11) is 0. The zero-order chi connectivity index (χ0) is 38.0. The molecule has 0 aliphatic rings. The van der Waals surface area contributed by atoms with Crippen LogP contribution in [0.2, 0.25) is 0 Å². The standard InChI is InChI=1S/C56H39N/c1-4-16-40(17-5-1)42-28-30-45(31-29-42)55-39-48(36-37-53(55)51-25-13-12-23-49(51)44-20-8-3-9-21-44)57(47-34-32-43(33-35-47)41-18-6-2-7-19-41)56-38-46-22-10-11-24-50(46)52-26-14-15-27-54(52)56/h1-39H. The summed E-state index contributed by atoms with van der Waals surface area (Å²) in [6.07, 6.45) is 0. The second-order valence-corrected chi connectivity index (χ2v) is 14.5. The maximum absolute atomic E-state index is 2.44. The maximum atomic E-state index is 2.44. The summed E-state index contributed by atoms with van der Waals surface area (Å²) in [5.74, 6) is 0. The van der Waals surface area contributed by atoms with E-state index in [1.165, 1.54) is 71.6 Å². The first-order valence-corrected chi connectivity index (χ1v) is 19.6. The molecule has 0 atom stereocenters. The number of benzene rings is 10. The van der Waals surface area contributed by atoms with Gasteiger partial charge in [-0.25, -0.2) is 0 Å². The predicted octanol–water partition coefficient (Wildman–Crippen LogP) is 15.8. The highest BCUT2D eigenvalue weighted by atomic mass is 15.1. The Morgan fingerprint density at radius 3 is 1.30 bits per heavy atom. The van der Waals surface area contributed by atoms with E-state index in [1.54, 1.807) is 0 Å². The van der Waals surface area contributed by atoms with Gasteiger partial charge in [0.25, 0.3) is 0 Å². The summed E-state index contributed by atoms with van der Waals surface area (Å²) in [4.78, 5) is 2.44. The summed E-state index contributed by atoms with van der Waals surface area (Å²) in [5.41, 5.74) is 15.3. The summed E-state index contributed by atoms with van der Waals surface area (Å²) in [5, 5.41) is 4.91. The van der Waals surface area contributed by atoms with E-state index in [0.717, 1.165) is 22.6 Å². The molecular weight excluding hydrogens is 687 g/mol. The van der Waals surface area contributed by atoms with Crippen LogP contribution in [0, 0.1) is 0 Å². The van der Waals surface area contributed by atoms with Crippen molar-refractivity contribution in [2.24, 2.45) is 0 Å². The third-order valence-electron chi connectivity index (χ3n) is 11.1. The maximum Gasteiger partial charge on any atom is 0.0546 e. The molecular formula is C56H39N. The lowest BCUT2D eigenvalue weighted by atomic mass is 9.88. The molecule has 0 aromatic heterocycles. The van der Waals surface area contributed by atoms with E-state index in [-0.39, 0.29) is 0 Å². The van der Waals surface area contributed by atoms with Gasteiger partial charge in [-0.15, -0.1) is 0 Å². The van der Waals surface area contributed by atoms with Gasteiger partial charge in [0.2, 0.25) is 0 Å². The molecule has 1 nitrogen and oxygen atoms in total. The smallest absolute Gasteiger partial charge is 0.0546 e. The van der Waals surface area contributed by atoms with Crippen LogP contribution >= 0.6 is 0 Å². The predicted molar refractivity (Wildman–Crippen MR) is 243 cm³/mol. The van der Waals surface area contributed by atoms with Crippen molar-refractivity contribution in [1.82, 2.24) is 0 Å². The molecule has 0 bridgehead atoms. The number of hydrogen-bond donors (Lipinski definition) is 0. The molecule has 10 aromatic rings. The van der Waals surface area contributed by atoms with Crippen LogP contribution in [-0.4, -0.2) is 0 Å². The quantitative estimate of drug-likeness (QED) is 0.141. The van der Waals surface area contributed by atoms with Crippen molar-refractivity contribution >= 4 is 38.6 Å². The number of fused-ring (bicyclic) bond motifs is 3. The molecule has 0 aliphatic carbocycles. The van der Waals surface area contributed by atoms with Gasteiger partial charge >= 0.3 is 0 Å². The van der Waals surface area contributed by atoms with Crippen molar-refractivity contribution in [1.29, 1.82) is 0 Å². The first-order valence-electron chi connectivity index (χ1n) is 19.6. The lowest BCUT2D eigenvalue weighted by Gasteiger charge is -2.29. The Morgan fingerprint density at radius 2 is 0.649 bits per heavy atom. The van der Waals surface area contributed by atoms with Gasteiger partial charge in [-0.05, 0) is 102 Å². The van der Waals surface area contributed by atoms with Gasteiger partial charge in [-0.2, -0.15) is 0 Å². The van der Waals surface area contributed by atoms with Gasteiger partial charge in [-0.3, -0.25) is 0 Å². The highest BCUT2D eigenvalue weighted by Crippen LogP contribution is 2.46. The molecule has 0 saturated carbocycles. The molecule has 0 spiro atoms. The van der Waals surface area contributed by atoms with E-state index in [0.29, 0.717) is 0 Å². The molecule has 0 N–H and O–H groups in total. The molecule has 0 unspecified atom stereocenters. The lowest BCUT2D eigenvalue weighted by Crippen LogP contribution is -2.11. The Bertz CT molecular complexity index is 2970. The van der Waals surface area contributed by atoms with E-state index < -0.39 is 0 Å². The van der Waals surface area contributed by atoms with Gasteiger partial charge in [0.15, 0.2) is 0 Å². The second kappa shape index (κ2) is 15.0. The molecule has 10 rings (SSSR count). The van der Waals surface area contributed by atoms with Crippen molar-refractivity contribution < 1.29 is 0 Å².